The number of hydrogen-bond acceptors (Lipinski definition) is 5. The molecule has 4 rings (SSSR count). The molecule has 3 heterocycles. The zero-order valence-corrected chi connectivity index (χ0v) is 18.8. The van der Waals surface area contributed by atoms with Crippen molar-refractivity contribution in [3.63, 3.8) is 0 Å². The summed E-state index contributed by atoms with van der Waals surface area (Å²) in [4.78, 5) is 24.0. The Kier molecular flexibility index (Phi) is 7.43. The smallest absolute Gasteiger partial charge is 0.270 e. The van der Waals surface area contributed by atoms with Gasteiger partial charge in [0.05, 0.1) is 6.04 Å². The zero-order chi connectivity index (χ0) is 21.5. The highest BCUT2D eigenvalue weighted by Crippen LogP contribution is 2.32. The summed E-state index contributed by atoms with van der Waals surface area (Å²) < 4.78 is 0. The van der Waals surface area contributed by atoms with E-state index in [0.29, 0.717) is 17.5 Å². The Labute approximate surface area is 188 Å². The maximum Gasteiger partial charge on any atom is 0.270 e. The standard InChI is InChI=1S/C25H30N4OS/c1-19(20-7-3-2-4-8-20)10-15-29-16-11-21(12-17-29)23(25-27-14-18-31-25)28-24(30)22-9-5-6-13-26-22/h2-9,13-14,18-19,21,23H,10-12,15-17H2,1H3,(H,28,30). The van der Waals surface area contributed by atoms with E-state index in [1.54, 1.807) is 23.6 Å². The van der Waals surface area contributed by atoms with Gasteiger partial charge in [0.2, 0.25) is 0 Å². The van der Waals surface area contributed by atoms with Crippen molar-refractivity contribution < 1.29 is 4.79 Å². The molecule has 5 nitrogen and oxygen atoms in total. The number of pyridine rings is 1. The lowest BCUT2D eigenvalue weighted by atomic mass is 9.89. The molecule has 1 aromatic carbocycles. The van der Waals surface area contributed by atoms with Crippen molar-refractivity contribution in [2.75, 3.05) is 19.6 Å². The van der Waals surface area contributed by atoms with Crippen molar-refractivity contribution in [2.24, 2.45) is 5.92 Å². The number of carbonyl (C=O) groups is 1. The van der Waals surface area contributed by atoms with Crippen molar-refractivity contribution in [1.29, 1.82) is 0 Å². The molecule has 162 valence electrons. The molecular weight excluding hydrogens is 404 g/mol. The van der Waals surface area contributed by atoms with Crippen LogP contribution in [0.15, 0.2) is 66.3 Å². The summed E-state index contributed by atoms with van der Waals surface area (Å²) in [6.07, 6.45) is 6.77. The first-order chi connectivity index (χ1) is 15.2. The maximum atomic E-state index is 12.8. The highest BCUT2D eigenvalue weighted by atomic mass is 32.1. The summed E-state index contributed by atoms with van der Waals surface area (Å²) >= 11 is 1.61. The van der Waals surface area contributed by atoms with E-state index in [0.717, 1.165) is 37.5 Å². The van der Waals surface area contributed by atoms with Gasteiger partial charge in [-0.1, -0.05) is 43.3 Å². The lowest BCUT2D eigenvalue weighted by Gasteiger charge is -2.36. The first-order valence-electron chi connectivity index (χ1n) is 11.1. The van der Waals surface area contributed by atoms with Crippen LogP contribution in [0.5, 0.6) is 0 Å². The second kappa shape index (κ2) is 10.6. The Morgan fingerprint density at radius 3 is 2.55 bits per heavy atom. The van der Waals surface area contributed by atoms with E-state index in [-0.39, 0.29) is 11.9 Å². The number of nitrogens with one attached hydrogen (secondary N) is 1. The number of aromatic nitrogens is 2. The van der Waals surface area contributed by atoms with Crippen molar-refractivity contribution in [3.05, 3.63) is 82.6 Å². The first kappa shape index (κ1) is 21.7. The van der Waals surface area contributed by atoms with E-state index < -0.39 is 0 Å². The normalized spacial score (nSPS) is 17.2. The van der Waals surface area contributed by atoms with Crippen LogP contribution in [0.2, 0.25) is 0 Å². The molecule has 0 aliphatic carbocycles. The Hall–Kier alpha value is -2.57. The number of likely N-dealkylation sites (tertiary alicyclic amines) is 1. The van der Waals surface area contributed by atoms with Gasteiger partial charge >= 0.3 is 0 Å². The molecule has 6 heteroatoms. The van der Waals surface area contributed by atoms with Gasteiger partial charge in [0.15, 0.2) is 0 Å². The Morgan fingerprint density at radius 2 is 1.87 bits per heavy atom. The van der Waals surface area contributed by atoms with Crippen molar-refractivity contribution in [3.8, 4) is 0 Å². The number of nitrogens with zero attached hydrogens (tertiary/aromatic N) is 3. The highest BCUT2D eigenvalue weighted by molar-refractivity contribution is 7.09. The molecule has 0 bridgehead atoms. The van der Waals surface area contributed by atoms with Gasteiger partial charge in [-0.15, -0.1) is 11.3 Å². The number of carbonyl (C=O) groups excluding carboxylic acids is 1. The Morgan fingerprint density at radius 1 is 1.10 bits per heavy atom. The molecule has 31 heavy (non-hydrogen) atoms. The van der Waals surface area contributed by atoms with Crippen molar-refractivity contribution >= 4 is 17.2 Å². The molecule has 1 amide bonds. The van der Waals surface area contributed by atoms with Crippen LogP contribution in [0.4, 0.5) is 0 Å². The van der Waals surface area contributed by atoms with E-state index in [4.69, 9.17) is 0 Å². The lowest BCUT2D eigenvalue weighted by molar-refractivity contribution is 0.0887. The van der Waals surface area contributed by atoms with E-state index in [2.05, 4.69) is 57.4 Å². The number of hydrogen-bond donors (Lipinski definition) is 1. The first-order valence-corrected chi connectivity index (χ1v) is 12.0. The minimum Gasteiger partial charge on any atom is -0.341 e. The fourth-order valence-electron chi connectivity index (χ4n) is 4.32. The molecule has 0 spiro atoms. The summed E-state index contributed by atoms with van der Waals surface area (Å²) in [7, 11) is 0. The minimum absolute atomic E-state index is 0.0556. The van der Waals surface area contributed by atoms with Gasteiger partial charge in [-0.25, -0.2) is 4.98 Å². The van der Waals surface area contributed by atoms with Crippen LogP contribution in [0, 0.1) is 5.92 Å². The molecule has 3 aromatic rings. The molecule has 0 radical (unpaired) electrons. The monoisotopic (exact) mass is 434 g/mol. The zero-order valence-electron chi connectivity index (χ0n) is 18.0. The van der Waals surface area contributed by atoms with Crippen LogP contribution >= 0.6 is 11.3 Å². The topological polar surface area (TPSA) is 58.1 Å². The van der Waals surface area contributed by atoms with Gasteiger partial charge in [0, 0.05) is 17.8 Å². The second-order valence-corrected chi connectivity index (χ2v) is 9.24. The summed E-state index contributed by atoms with van der Waals surface area (Å²) in [6.45, 7) is 5.56. The van der Waals surface area contributed by atoms with E-state index >= 15 is 0 Å². The SMILES string of the molecule is CC(CCN1CCC(C(NC(=O)c2ccccn2)c2nccs2)CC1)c1ccccc1. The van der Waals surface area contributed by atoms with Gasteiger partial charge < -0.3 is 10.2 Å². The van der Waals surface area contributed by atoms with Gasteiger partial charge in [0.1, 0.15) is 10.7 Å². The molecule has 1 N–H and O–H groups in total. The number of piperidine rings is 1. The van der Waals surface area contributed by atoms with E-state index in [1.165, 1.54) is 12.0 Å². The second-order valence-electron chi connectivity index (χ2n) is 8.32. The molecule has 1 aliphatic rings. The average Bonchev–Trinajstić information content (AvgIpc) is 3.37. The van der Waals surface area contributed by atoms with Crippen LogP contribution in [-0.4, -0.2) is 40.4 Å². The van der Waals surface area contributed by atoms with Crippen LogP contribution in [0.25, 0.3) is 0 Å². The number of rotatable bonds is 8. The Bertz CT molecular complexity index is 925. The molecule has 0 saturated carbocycles. The van der Waals surface area contributed by atoms with Crippen LogP contribution in [0.1, 0.15) is 59.2 Å². The minimum atomic E-state index is -0.125. The summed E-state index contributed by atoms with van der Waals surface area (Å²) in [5.74, 6) is 0.834. The van der Waals surface area contributed by atoms with Crippen LogP contribution < -0.4 is 5.32 Å². The van der Waals surface area contributed by atoms with Gasteiger partial charge in [-0.05, 0) is 68.4 Å². The summed E-state index contributed by atoms with van der Waals surface area (Å²) in [5, 5.41) is 6.19. The third-order valence-electron chi connectivity index (χ3n) is 6.25. The number of thiazole rings is 1. The predicted molar refractivity (Wildman–Crippen MR) is 125 cm³/mol. The molecular formula is C25H30N4OS. The quantitative estimate of drug-likeness (QED) is 0.547. The van der Waals surface area contributed by atoms with Crippen molar-refractivity contribution in [2.45, 2.75) is 38.1 Å². The molecule has 2 atom stereocenters. The lowest BCUT2D eigenvalue weighted by Crippen LogP contribution is -2.41. The number of benzene rings is 1. The van der Waals surface area contributed by atoms with Gasteiger partial charge in [-0.2, -0.15) is 0 Å². The summed E-state index contributed by atoms with van der Waals surface area (Å²) in [5.41, 5.74) is 1.87. The van der Waals surface area contributed by atoms with Gasteiger partial charge in [-0.3, -0.25) is 9.78 Å². The summed E-state index contributed by atoms with van der Waals surface area (Å²) in [6, 6.07) is 16.1. The van der Waals surface area contributed by atoms with Crippen LogP contribution in [0.3, 0.4) is 0 Å². The molecule has 1 fully saturated rings. The van der Waals surface area contributed by atoms with E-state index in [9.17, 15) is 4.79 Å². The largest absolute Gasteiger partial charge is 0.341 e. The average molecular weight is 435 g/mol. The predicted octanol–water partition coefficient (Wildman–Crippen LogP) is 4.92. The fourth-order valence-corrected chi connectivity index (χ4v) is 5.10. The molecule has 2 aromatic heterocycles. The van der Waals surface area contributed by atoms with Gasteiger partial charge in [0.25, 0.3) is 5.91 Å². The maximum absolute atomic E-state index is 12.8. The molecule has 2 unspecified atom stereocenters. The third-order valence-corrected chi connectivity index (χ3v) is 7.11. The Balaban J connectivity index is 1.33. The molecule has 1 aliphatic heterocycles. The third kappa shape index (κ3) is 5.77. The highest BCUT2D eigenvalue weighted by Gasteiger charge is 2.31. The van der Waals surface area contributed by atoms with Crippen LogP contribution in [-0.2, 0) is 0 Å². The number of amides is 1. The van der Waals surface area contributed by atoms with E-state index in [1.807, 2.05) is 23.7 Å². The fraction of sp³-hybridized carbons (Fsp3) is 0.400. The van der Waals surface area contributed by atoms with Crippen molar-refractivity contribution in [1.82, 2.24) is 20.2 Å². The molecule has 1 saturated heterocycles.